The smallest absolute Gasteiger partial charge is 0.0510 e. The molecule has 1 unspecified atom stereocenters. The average molecular weight is 273 g/mol. The third kappa shape index (κ3) is 2.38. The zero-order valence-corrected chi connectivity index (χ0v) is 11.7. The fourth-order valence-corrected chi connectivity index (χ4v) is 3.22. The summed E-state index contributed by atoms with van der Waals surface area (Å²) in [7, 11) is 1.94. The molecular weight excluding hydrogens is 256 g/mol. The molecule has 0 saturated heterocycles. The molecular formula is C16H17ClN2. The molecule has 2 nitrogen and oxygen atoms in total. The summed E-state index contributed by atoms with van der Waals surface area (Å²) in [6, 6.07) is 10.6. The van der Waals surface area contributed by atoms with Crippen LogP contribution in [0.2, 0.25) is 5.02 Å². The maximum absolute atomic E-state index is 6.46. The molecule has 0 radical (unpaired) electrons. The van der Waals surface area contributed by atoms with Gasteiger partial charge in [0.2, 0.25) is 0 Å². The first kappa shape index (κ1) is 12.6. The molecule has 1 aromatic heterocycles. The summed E-state index contributed by atoms with van der Waals surface area (Å²) < 4.78 is 0. The molecule has 0 saturated carbocycles. The number of nitrogens with one attached hydrogen (secondary N) is 1. The molecule has 3 heteroatoms. The van der Waals surface area contributed by atoms with E-state index in [2.05, 4.69) is 34.6 Å². The first-order valence-electron chi connectivity index (χ1n) is 6.66. The van der Waals surface area contributed by atoms with E-state index in [0.29, 0.717) is 5.92 Å². The summed E-state index contributed by atoms with van der Waals surface area (Å²) in [6.45, 7) is 0.847. The van der Waals surface area contributed by atoms with Crippen LogP contribution in [0.1, 0.15) is 34.7 Å². The van der Waals surface area contributed by atoms with Crippen LogP contribution in [0.15, 0.2) is 36.5 Å². The zero-order chi connectivity index (χ0) is 13.2. The number of benzene rings is 1. The van der Waals surface area contributed by atoms with Gasteiger partial charge in [-0.2, -0.15) is 0 Å². The van der Waals surface area contributed by atoms with Gasteiger partial charge in [-0.3, -0.25) is 4.98 Å². The molecule has 3 rings (SSSR count). The van der Waals surface area contributed by atoms with E-state index < -0.39 is 0 Å². The van der Waals surface area contributed by atoms with Gasteiger partial charge in [-0.25, -0.2) is 0 Å². The molecule has 1 aliphatic rings. The van der Waals surface area contributed by atoms with Crippen molar-refractivity contribution in [3.8, 4) is 0 Å². The average Bonchev–Trinajstić information content (AvgIpc) is 2.83. The van der Waals surface area contributed by atoms with Crippen molar-refractivity contribution in [1.29, 1.82) is 0 Å². The standard InChI is InChI=1S/C16H17ClN2/c1-18-10-11-4-6-13(15(17)9-11)14-7-5-12-3-2-8-19-16(12)14/h2-4,6,8-9,14,18H,5,7,10H2,1H3. The summed E-state index contributed by atoms with van der Waals surface area (Å²) in [5.74, 6) is 0.354. The Labute approximate surface area is 118 Å². The maximum Gasteiger partial charge on any atom is 0.0510 e. The van der Waals surface area contributed by atoms with Gasteiger partial charge in [0.15, 0.2) is 0 Å². The molecule has 19 heavy (non-hydrogen) atoms. The van der Waals surface area contributed by atoms with Crippen molar-refractivity contribution in [2.24, 2.45) is 0 Å². The lowest BCUT2D eigenvalue weighted by Gasteiger charge is -2.14. The Morgan fingerprint density at radius 3 is 3.05 bits per heavy atom. The number of aromatic nitrogens is 1. The largest absolute Gasteiger partial charge is 0.316 e. The lowest BCUT2D eigenvalue weighted by atomic mass is 9.95. The Balaban J connectivity index is 1.96. The minimum Gasteiger partial charge on any atom is -0.316 e. The highest BCUT2D eigenvalue weighted by Gasteiger charge is 2.26. The van der Waals surface area contributed by atoms with Crippen LogP contribution in [-0.4, -0.2) is 12.0 Å². The SMILES string of the molecule is CNCc1ccc(C2CCc3cccnc32)c(Cl)c1. The fraction of sp³-hybridized carbons (Fsp3) is 0.312. The van der Waals surface area contributed by atoms with E-state index in [1.54, 1.807) is 0 Å². The van der Waals surface area contributed by atoms with Crippen LogP contribution >= 0.6 is 11.6 Å². The molecule has 0 bridgehead atoms. The molecule has 1 N–H and O–H groups in total. The van der Waals surface area contributed by atoms with Crippen molar-refractivity contribution in [3.63, 3.8) is 0 Å². The summed E-state index contributed by atoms with van der Waals surface area (Å²) in [6.07, 6.45) is 4.08. The van der Waals surface area contributed by atoms with E-state index in [-0.39, 0.29) is 0 Å². The van der Waals surface area contributed by atoms with Gasteiger partial charge in [0.25, 0.3) is 0 Å². The Morgan fingerprint density at radius 2 is 2.26 bits per heavy atom. The van der Waals surface area contributed by atoms with Crippen molar-refractivity contribution in [2.75, 3.05) is 7.05 Å². The van der Waals surface area contributed by atoms with Crippen LogP contribution in [0.4, 0.5) is 0 Å². The maximum atomic E-state index is 6.46. The number of hydrogen-bond acceptors (Lipinski definition) is 2. The number of rotatable bonds is 3. The summed E-state index contributed by atoms with van der Waals surface area (Å²) in [5, 5.41) is 4.00. The summed E-state index contributed by atoms with van der Waals surface area (Å²) >= 11 is 6.46. The van der Waals surface area contributed by atoms with Crippen LogP contribution in [0.5, 0.6) is 0 Å². The number of pyridine rings is 1. The zero-order valence-electron chi connectivity index (χ0n) is 11.0. The van der Waals surface area contributed by atoms with E-state index in [1.165, 1.54) is 22.4 Å². The van der Waals surface area contributed by atoms with Crippen molar-refractivity contribution in [2.45, 2.75) is 25.3 Å². The van der Waals surface area contributed by atoms with E-state index in [1.807, 2.05) is 19.3 Å². The first-order chi connectivity index (χ1) is 9.29. The molecule has 98 valence electrons. The molecule has 0 amide bonds. The highest BCUT2D eigenvalue weighted by Crippen LogP contribution is 2.39. The second-order valence-corrected chi connectivity index (χ2v) is 5.43. The van der Waals surface area contributed by atoms with Crippen molar-refractivity contribution < 1.29 is 0 Å². The molecule has 0 aliphatic heterocycles. The highest BCUT2D eigenvalue weighted by atomic mass is 35.5. The van der Waals surface area contributed by atoms with Crippen molar-refractivity contribution in [3.05, 3.63) is 63.9 Å². The molecule has 1 atom stereocenters. The van der Waals surface area contributed by atoms with E-state index in [4.69, 9.17) is 11.6 Å². The van der Waals surface area contributed by atoms with Crippen LogP contribution in [0.25, 0.3) is 0 Å². The summed E-state index contributed by atoms with van der Waals surface area (Å²) in [5.41, 5.74) is 4.99. The normalized spacial score (nSPS) is 17.5. The van der Waals surface area contributed by atoms with Crippen LogP contribution in [0, 0.1) is 0 Å². The third-order valence-electron chi connectivity index (χ3n) is 3.78. The van der Waals surface area contributed by atoms with Gasteiger partial charge in [-0.1, -0.05) is 29.8 Å². The topological polar surface area (TPSA) is 24.9 Å². The molecule has 0 spiro atoms. The van der Waals surface area contributed by atoms with Crippen LogP contribution < -0.4 is 5.32 Å². The quantitative estimate of drug-likeness (QED) is 0.925. The van der Waals surface area contributed by atoms with E-state index >= 15 is 0 Å². The van der Waals surface area contributed by atoms with E-state index in [0.717, 1.165) is 24.4 Å². The lowest BCUT2D eigenvalue weighted by Crippen LogP contribution is -2.06. The fourth-order valence-electron chi connectivity index (χ4n) is 2.88. The van der Waals surface area contributed by atoms with Gasteiger partial charge in [0.05, 0.1) is 5.69 Å². The lowest BCUT2D eigenvalue weighted by molar-refractivity contribution is 0.769. The number of halogens is 1. The minimum atomic E-state index is 0.354. The Morgan fingerprint density at radius 1 is 1.37 bits per heavy atom. The highest BCUT2D eigenvalue weighted by molar-refractivity contribution is 6.31. The van der Waals surface area contributed by atoms with E-state index in [9.17, 15) is 0 Å². The Hall–Kier alpha value is -1.38. The molecule has 1 aliphatic carbocycles. The number of aryl methyl sites for hydroxylation is 1. The molecule has 2 aromatic rings. The van der Waals surface area contributed by atoms with Gasteiger partial charge in [-0.15, -0.1) is 0 Å². The Bertz CT molecular complexity index is 595. The minimum absolute atomic E-state index is 0.354. The predicted octanol–water partition coefficient (Wildman–Crippen LogP) is 3.53. The van der Waals surface area contributed by atoms with Crippen molar-refractivity contribution >= 4 is 11.6 Å². The number of fused-ring (bicyclic) bond motifs is 1. The summed E-state index contributed by atoms with van der Waals surface area (Å²) in [4.78, 5) is 4.55. The predicted molar refractivity (Wildman–Crippen MR) is 78.6 cm³/mol. The third-order valence-corrected chi connectivity index (χ3v) is 4.11. The second kappa shape index (κ2) is 5.32. The van der Waals surface area contributed by atoms with Gasteiger partial charge >= 0.3 is 0 Å². The van der Waals surface area contributed by atoms with Gasteiger partial charge < -0.3 is 5.32 Å². The Kier molecular flexibility index (Phi) is 3.54. The van der Waals surface area contributed by atoms with Crippen LogP contribution in [0.3, 0.4) is 0 Å². The monoisotopic (exact) mass is 272 g/mol. The van der Waals surface area contributed by atoms with Gasteiger partial charge in [0, 0.05) is 23.7 Å². The van der Waals surface area contributed by atoms with Gasteiger partial charge in [-0.05, 0) is 48.7 Å². The van der Waals surface area contributed by atoms with Crippen molar-refractivity contribution in [1.82, 2.24) is 10.3 Å². The molecule has 0 fully saturated rings. The number of nitrogens with zero attached hydrogens (tertiary/aromatic N) is 1. The van der Waals surface area contributed by atoms with Gasteiger partial charge in [0.1, 0.15) is 0 Å². The second-order valence-electron chi connectivity index (χ2n) is 5.03. The van der Waals surface area contributed by atoms with Crippen LogP contribution in [-0.2, 0) is 13.0 Å². The molecule has 1 aromatic carbocycles. The number of hydrogen-bond donors (Lipinski definition) is 1. The molecule has 1 heterocycles. The first-order valence-corrected chi connectivity index (χ1v) is 7.04.